The van der Waals surface area contributed by atoms with E-state index in [0.717, 1.165) is 28.3 Å². The van der Waals surface area contributed by atoms with E-state index < -0.39 is 0 Å². The molecule has 4 rings (SSSR count). The summed E-state index contributed by atoms with van der Waals surface area (Å²) in [6, 6.07) is 17.2. The van der Waals surface area contributed by atoms with Crippen molar-refractivity contribution in [2.45, 2.75) is 25.9 Å². The van der Waals surface area contributed by atoms with Gasteiger partial charge in [-0.05, 0) is 68.3 Å². The summed E-state index contributed by atoms with van der Waals surface area (Å²) in [7, 11) is 0. The van der Waals surface area contributed by atoms with Gasteiger partial charge in [0, 0.05) is 5.69 Å². The normalized spacial score (nSPS) is 10.8. The first-order valence-corrected chi connectivity index (χ1v) is 11.3. The first-order chi connectivity index (χ1) is 15.6. The van der Waals surface area contributed by atoms with Gasteiger partial charge in [0.15, 0.2) is 10.9 Å². The lowest BCUT2D eigenvalue weighted by atomic mass is 10.1. The van der Waals surface area contributed by atoms with E-state index in [1.54, 1.807) is 12.3 Å². The monoisotopic (exact) mass is 448 g/mol. The van der Waals surface area contributed by atoms with Gasteiger partial charge in [0.05, 0.1) is 24.3 Å². The summed E-state index contributed by atoms with van der Waals surface area (Å²) < 4.78 is 13.0. The third kappa shape index (κ3) is 4.70. The van der Waals surface area contributed by atoms with Crippen molar-refractivity contribution in [2.75, 3.05) is 17.7 Å². The zero-order valence-electron chi connectivity index (χ0n) is 18.2. The quantitative estimate of drug-likeness (QED) is 0.370. The molecule has 0 bridgehead atoms. The number of carbonyl (C=O) groups excluding carboxylic acids is 1. The highest BCUT2D eigenvalue weighted by Crippen LogP contribution is 2.29. The fourth-order valence-electron chi connectivity index (χ4n) is 3.34. The van der Waals surface area contributed by atoms with E-state index in [9.17, 15) is 4.79 Å². The molecule has 32 heavy (non-hydrogen) atoms. The number of aryl methyl sites for hydroxylation is 2. The molecule has 0 spiro atoms. The predicted octanol–water partition coefficient (Wildman–Crippen LogP) is 5.27. The molecule has 1 N–H and O–H groups in total. The number of nitrogens with zero attached hydrogens (tertiary/aromatic N) is 3. The minimum atomic E-state index is -0.104. The average Bonchev–Trinajstić information content (AvgIpc) is 3.45. The van der Waals surface area contributed by atoms with Crippen LogP contribution in [0.4, 0.5) is 5.69 Å². The molecule has 0 fully saturated rings. The number of anilines is 1. The molecule has 7 nitrogen and oxygen atoms in total. The summed E-state index contributed by atoms with van der Waals surface area (Å²) in [6.07, 6.45) is 1.59. The lowest BCUT2D eigenvalue weighted by Crippen LogP contribution is -2.16. The molecule has 164 valence electrons. The van der Waals surface area contributed by atoms with E-state index in [2.05, 4.69) is 15.5 Å². The number of rotatable bonds is 8. The summed E-state index contributed by atoms with van der Waals surface area (Å²) in [5.41, 5.74) is 3.76. The van der Waals surface area contributed by atoms with E-state index in [4.69, 9.17) is 9.15 Å². The Hall–Kier alpha value is -3.52. The summed E-state index contributed by atoms with van der Waals surface area (Å²) >= 11 is 1.32. The third-order valence-electron chi connectivity index (χ3n) is 4.86. The molecule has 0 aliphatic rings. The van der Waals surface area contributed by atoms with E-state index in [1.807, 2.05) is 73.9 Å². The molecular formula is C24H24N4O3S. The number of hydrogen-bond acceptors (Lipinski definition) is 6. The number of nitrogens with one attached hydrogen (secondary N) is 1. The molecular weight excluding hydrogens is 424 g/mol. The highest BCUT2D eigenvalue weighted by Gasteiger charge is 2.19. The molecule has 0 aliphatic heterocycles. The van der Waals surface area contributed by atoms with Gasteiger partial charge in [-0.2, -0.15) is 0 Å². The van der Waals surface area contributed by atoms with Gasteiger partial charge in [0.25, 0.3) is 0 Å². The van der Waals surface area contributed by atoms with Gasteiger partial charge >= 0.3 is 0 Å². The molecule has 2 heterocycles. The molecule has 8 heteroatoms. The van der Waals surface area contributed by atoms with Crippen LogP contribution in [0, 0.1) is 13.8 Å². The Kier molecular flexibility index (Phi) is 6.61. The number of benzene rings is 2. The number of furan rings is 1. The van der Waals surface area contributed by atoms with Crippen LogP contribution < -0.4 is 10.1 Å². The Morgan fingerprint density at radius 1 is 1.06 bits per heavy atom. The van der Waals surface area contributed by atoms with Gasteiger partial charge in [-0.3, -0.25) is 9.36 Å². The summed E-state index contributed by atoms with van der Waals surface area (Å²) in [5.74, 6) is 2.04. The van der Waals surface area contributed by atoms with Crippen LogP contribution in [-0.2, 0) is 4.79 Å². The first kappa shape index (κ1) is 21.7. The van der Waals surface area contributed by atoms with Crippen molar-refractivity contribution in [1.82, 2.24) is 14.8 Å². The smallest absolute Gasteiger partial charge is 0.234 e. The number of ether oxygens (including phenoxy) is 1. The molecule has 4 aromatic rings. The van der Waals surface area contributed by atoms with Crippen LogP contribution in [0.2, 0.25) is 0 Å². The second-order valence-corrected chi connectivity index (χ2v) is 8.09. The minimum absolute atomic E-state index is 0.104. The average molecular weight is 449 g/mol. The summed E-state index contributed by atoms with van der Waals surface area (Å²) in [4.78, 5) is 12.7. The van der Waals surface area contributed by atoms with E-state index in [-0.39, 0.29) is 11.7 Å². The summed E-state index contributed by atoms with van der Waals surface area (Å²) in [6.45, 7) is 6.50. The topological polar surface area (TPSA) is 82.2 Å². The van der Waals surface area contributed by atoms with Gasteiger partial charge in [0.2, 0.25) is 11.7 Å². The predicted molar refractivity (Wildman–Crippen MR) is 125 cm³/mol. The van der Waals surface area contributed by atoms with Crippen LogP contribution >= 0.6 is 11.8 Å². The second kappa shape index (κ2) is 9.74. The van der Waals surface area contributed by atoms with Crippen LogP contribution in [0.25, 0.3) is 17.3 Å². The fourth-order valence-corrected chi connectivity index (χ4v) is 4.09. The Balaban J connectivity index is 1.58. The van der Waals surface area contributed by atoms with Crippen molar-refractivity contribution in [3.63, 3.8) is 0 Å². The van der Waals surface area contributed by atoms with Crippen molar-refractivity contribution < 1.29 is 13.9 Å². The molecule has 0 atom stereocenters. The van der Waals surface area contributed by atoms with Crippen LogP contribution in [-0.4, -0.2) is 33.0 Å². The Morgan fingerprint density at radius 2 is 1.81 bits per heavy atom. The first-order valence-electron chi connectivity index (χ1n) is 10.3. The molecule has 0 saturated heterocycles. The Bertz CT molecular complexity index is 1180. The van der Waals surface area contributed by atoms with Gasteiger partial charge in [-0.15, -0.1) is 10.2 Å². The number of para-hydroxylation sites is 1. The third-order valence-corrected chi connectivity index (χ3v) is 5.79. The van der Waals surface area contributed by atoms with Crippen molar-refractivity contribution in [1.29, 1.82) is 0 Å². The number of hydrogen-bond donors (Lipinski definition) is 1. The number of carbonyl (C=O) groups is 1. The highest BCUT2D eigenvalue weighted by molar-refractivity contribution is 7.99. The van der Waals surface area contributed by atoms with Crippen LogP contribution in [0.15, 0.2) is 70.4 Å². The van der Waals surface area contributed by atoms with E-state index in [1.165, 1.54) is 11.8 Å². The lowest BCUT2D eigenvalue weighted by molar-refractivity contribution is -0.113. The van der Waals surface area contributed by atoms with Crippen LogP contribution in [0.5, 0.6) is 5.75 Å². The highest BCUT2D eigenvalue weighted by atomic mass is 32.2. The van der Waals surface area contributed by atoms with Crippen LogP contribution in [0.3, 0.4) is 0 Å². The SMILES string of the molecule is CCOc1ccc(-n2c(SCC(=O)Nc3c(C)cccc3C)nnc2-c2ccco2)cc1. The van der Waals surface area contributed by atoms with Gasteiger partial charge < -0.3 is 14.5 Å². The van der Waals surface area contributed by atoms with Crippen molar-refractivity contribution in [3.8, 4) is 23.0 Å². The standard InChI is InChI=1S/C24H24N4O3S/c1-4-30-19-12-10-18(11-13-19)28-23(20-9-6-14-31-20)26-27-24(28)32-15-21(29)25-22-16(2)7-5-8-17(22)3/h5-14H,4,15H2,1-3H3,(H,25,29). The van der Waals surface area contributed by atoms with Crippen molar-refractivity contribution in [2.24, 2.45) is 0 Å². The maximum Gasteiger partial charge on any atom is 0.234 e. The fraction of sp³-hybridized carbons (Fsp3) is 0.208. The molecule has 0 unspecified atom stereocenters. The largest absolute Gasteiger partial charge is 0.494 e. The van der Waals surface area contributed by atoms with Crippen LogP contribution in [0.1, 0.15) is 18.1 Å². The van der Waals surface area contributed by atoms with Crippen molar-refractivity contribution >= 4 is 23.4 Å². The summed E-state index contributed by atoms with van der Waals surface area (Å²) in [5, 5.41) is 12.3. The molecule has 2 aromatic heterocycles. The zero-order valence-corrected chi connectivity index (χ0v) is 19.0. The zero-order chi connectivity index (χ0) is 22.5. The number of aromatic nitrogens is 3. The second-order valence-electron chi connectivity index (χ2n) is 7.15. The van der Waals surface area contributed by atoms with Gasteiger partial charge in [-0.1, -0.05) is 30.0 Å². The number of amides is 1. The maximum absolute atomic E-state index is 12.7. The lowest BCUT2D eigenvalue weighted by Gasteiger charge is -2.12. The molecule has 1 amide bonds. The van der Waals surface area contributed by atoms with E-state index >= 15 is 0 Å². The molecule has 0 saturated carbocycles. The van der Waals surface area contributed by atoms with Gasteiger partial charge in [-0.25, -0.2) is 0 Å². The maximum atomic E-state index is 12.7. The molecule has 0 radical (unpaired) electrons. The molecule has 0 aliphatic carbocycles. The molecule has 2 aromatic carbocycles. The van der Waals surface area contributed by atoms with E-state index in [0.29, 0.717) is 23.3 Å². The van der Waals surface area contributed by atoms with Gasteiger partial charge in [0.1, 0.15) is 5.75 Å². The Morgan fingerprint density at radius 3 is 2.47 bits per heavy atom. The Labute approximate surface area is 190 Å². The number of thioether (sulfide) groups is 1. The van der Waals surface area contributed by atoms with Crippen molar-refractivity contribution in [3.05, 3.63) is 72.0 Å². The minimum Gasteiger partial charge on any atom is -0.494 e.